The molecule has 0 aliphatic heterocycles. The SMILES string of the molecule is CCCNCCCCc1ccc(OC)nc1. The first kappa shape index (κ1) is 13.0. The number of nitrogens with zero attached hydrogens (tertiary/aromatic N) is 1. The van der Waals surface area contributed by atoms with Crippen LogP contribution in [0.2, 0.25) is 0 Å². The number of hydrogen-bond donors (Lipinski definition) is 1. The zero-order valence-corrected chi connectivity index (χ0v) is 10.3. The van der Waals surface area contributed by atoms with Crippen LogP contribution in [0, 0.1) is 0 Å². The van der Waals surface area contributed by atoms with Crippen LogP contribution in [-0.2, 0) is 6.42 Å². The lowest BCUT2D eigenvalue weighted by molar-refractivity contribution is 0.397. The largest absolute Gasteiger partial charge is 0.481 e. The molecule has 90 valence electrons. The average molecular weight is 222 g/mol. The quantitative estimate of drug-likeness (QED) is 0.686. The van der Waals surface area contributed by atoms with Crippen LogP contribution in [0.5, 0.6) is 5.88 Å². The number of aromatic nitrogens is 1. The van der Waals surface area contributed by atoms with Gasteiger partial charge in [-0.15, -0.1) is 0 Å². The molecule has 1 rings (SSSR count). The van der Waals surface area contributed by atoms with E-state index in [0.29, 0.717) is 5.88 Å². The van der Waals surface area contributed by atoms with Crippen molar-refractivity contribution in [1.82, 2.24) is 10.3 Å². The van der Waals surface area contributed by atoms with Crippen molar-refractivity contribution in [3.05, 3.63) is 23.9 Å². The minimum atomic E-state index is 0.688. The van der Waals surface area contributed by atoms with Gasteiger partial charge >= 0.3 is 0 Å². The number of hydrogen-bond acceptors (Lipinski definition) is 3. The Morgan fingerprint density at radius 3 is 2.75 bits per heavy atom. The van der Waals surface area contributed by atoms with Gasteiger partial charge in [0, 0.05) is 12.3 Å². The van der Waals surface area contributed by atoms with Crippen LogP contribution in [-0.4, -0.2) is 25.2 Å². The normalized spacial score (nSPS) is 10.4. The minimum Gasteiger partial charge on any atom is -0.481 e. The van der Waals surface area contributed by atoms with Crippen molar-refractivity contribution < 1.29 is 4.74 Å². The van der Waals surface area contributed by atoms with E-state index in [1.54, 1.807) is 7.11 Å². The fraction of sp³-hybridized carbons (Fsp3) is 0.615. The van der Waals surface area contributed by atoms with Gasteiger partial charge in [-0.2, -0.15) is 0 Å². The molecule has 0 atom stereocenters. The van der Waals surface area contributed by atoms with Crippen LogP contribution in [0.1, 0.15) is 31.7 Å². The molecular weight excluding hydrogens is 200 g/mol. The number of rotatable bonds is 8. The van der Waals surface area contributed by atoms with Crippen molar-refractivity contribution in [1.29, 1.82) is 0 Å². The van der Waals surface area contributed by atoms with Gasteiger partial charge in [0.2, 0.25) is 5.88 Å². The summed E-state index contributed by atoms with van der Waals surface area (Å²) >= 11 is 0. The van der Waals surface area contributed by atoms with E-state index >= 15 is 0 Å². The summed E-state index contributed by atoms with van der Waals surface area (Å²) in [6, 6.07) is 4.01. The summed E-state index contributed by atoms with van der Waals surface area (Å²) in [5.41, 5.74) is 1.29. The lowest BCUT2D eigenvalue weighted by Gasteiger charge is -2.04. The van der Waals surface area contributed by atoms with Gasteiger partial charge in [-0.3, -0.25) is 0 Å². The van der Waals surface area contributed by atoms with Gasteiger partial charge in [-0.05, 0) is 44.3 Å². The third-order valence-electron chi connectivity index (χ3n) is 2.50. The Hall–Kier alpha value is -1.09. The highest BCUT2D eigenvalue weighted by atomic mass is 16.5. The number of methoxy groups -OCH3 is 1. The van der Waals surface area contributed by atoms with Crippen molar-refractivity contribution in [2.45, 2.75) is 32.6 Å². The summed E-state index contributed by atoms with van der Waals surface area (Å²) in [5.74, 6) is 0.688. The Bertz CT molecular complexity index is 272. The highest BCUT2D eigenvalue weighted by molar-refractivity contribution is 5.17. The van der Waals surface area contributed by atoms with Crippen LogP contribution in [0.3, 0.4) is 0 Å². The van der Waals surface area contributed by atoms with E-state index in [0.717, 1.165) is 19.5 Å². The van der Waals surface area contributed by atoms with Gasteiger partial charge in [0.1, 0.15) is 0 Å². The van der Waals surface area contributed by atoms with Crippen molar-refractivity contribution >= 4 is 0 Å². The summed E-state index contributed by atoms with van der Waals surface area (Å²) in [7, 11) is 1.64. The molecule has 0 fully saturated rings. The second kappa shape index (κ2) is 8.11. The molecule has 0 spiro atoms. The maximum absolute atomic E-state index is 5.02. The van der Waals surface area contributed by atoms with Crippen LogP contribution >= 0.6 is 0 Å². The maximum Gasteiger partial charge on any atom is 0.212 e. The van der Waals surface area contributed by atoms with E-state index in [1.165, 1.54) is 24.8 Å². The Balaban J connectivity index is 2.12. The van der Waals surface area contributed by atoms with E-state index in [4.69, 9.17) is 4.74 Å². The van der Waals surface area contributed by atoms with Gasteiger partial charge < -0.3 is 10.1 Å². The zero-order valence-electron chi connectivity index (χ0n) is 10.3. The summed E-state index contributed by atoms with van der Waals surface area (Å²) < 4.78 is 5.02. The molecule has 0 saturated heterocycles. The lowest BCUT2D eigenvalue weighted by atomic mass is 10.1. The van der Waals surface area contributed by atoms with Gasteiger partial charge in [-0.25, -0.2) is 4.98 Å². The highest BCUT2D eigenvalue weighted by Gasteiger charge is 1.95. The van der Waals surface area contributed by atoms with E-state index in [9.17, 15) is 0 Å². The van der Waals surface area contributed by atoms with Crippen molar-refractivity contribution in [3.8, 4) is 5.88 Å². The zero-order chi connectivity index (χ0) is 11.6. The smallest absolute Gasteiger partial charge is 0.212 e. The molecule has 0 amide bonds. The molecule has 1 aromatic rings. The summed E-state index contributed by atoms with van der Waals surface area (Å²) in [6.45, 7) is 4.44. The first-order valence-corrected chi connectivity index (χ1v) is 6.06. The average Bonchev–Trinajstić information content (AvgIpc) is 2.34. The first-order chi connectivity index (χ1) is 7.86. The molecule has 0 aromatic carbocycles. The third-order valence-corrected chi connectivity index (χ3v) is 2.50. The molecule has 16 heavy (non-hydrogen) atoms. The standard InChI is InChI=1S/C13H22N2O/c1-3-9-14-10-5-4-6-12-7-8-13(16-2)15-11-12/h7-8,11,14H,3-6,9-10H2,1-2H3. The number of aryl methyl sites for hydroxylation is 1. The second-order valence-corrected chi connectivity index (χ2v) is 3.92. The van der Waals surface area contributed by atoms with Crippen molar-refractivity contribution in [3.63, 3.8) is 0 Å². The Morgan fingerprint density at radius 2 is 2.12 bits per heavy atom. The molecule has 1 aromatic heterocycles. The van der Waals surface area contributed by atoms with E-state index in [1.807, 2.05) is 12.3 Å². The minimum absolute atomic E-state index is 0.688. The molecule has 1 N–H and O–H groups in total. The molecular formula is C13H22N2O. The monoisotopic (exact) mass is 222 g/mol. The molecule has 0 radical (unpaired) electrons. The number of ether oxygens (including phenoxy) is 1. The van der Waals surface area contributed by atoms with Gasteiger partial charge in [-0.1, -0.05) is 13.0 Å². The third kappa shape index (κ3) is 5.12. The number of pyridine rings is 1. The topological polar surface area (TPSA) is 34.1 Å². The predicted molar refractivity (Wildman–Crippen MR) is 66.9 cm³/mol. The Labute approximate surface area is 98.2 Å². The van der Waals surface area contributed by atoms with E-state index < -0.39 is 0 Å². The molecule has 0 aliphatic rings. The number of nitrogens with one attached hydrogen (secondary N) is 1. The number of unbranched alkanes of at least 4 members (excludes halogenated alkanes) is 1. The predicted octanol–water partition coefficient (Wildman–Crippen LogP) is 2.41. The molecule has 0 unspecified atom stereocenters. The molecule has 0 saturated carbocycles. The first-order valence-electron chi connectivity index (χ1n) is 6.06. The molecule has 0 aliphatic carbocycles. The summed E-state index contributed by atoms with van der Waals surface area (Å²) in [6.07, 6.45) is 6.66. The van der Waals surface area contributed by atoms with E-state index in [2.05, 4.69) is 23.3 Å². The van der Waals surface area contributed by atoms with Gasteiger partial charge in [0.05, 0.1) is 7.11 Å². The second-order valence-electron chi connectivity index (χ2n) is 3.92. The van der Waals surface area contributed by atoms with Gasteiger partial charge in [0.25, 0.3) is 0 Å². The van der Waals surface area contributed by atoms with Crippen LogP contribution in [0.4, 0.5) is 0 Å². The fourth-order valence-electron chi connectivity index (χ4n) is 1.56. The lowest BCUT2D eigenvalue weighted by Crippen LogP contribution is -2.15. The Morgan fingerprint density at radius 1 is 1.25 bits per heavy atom. The summed E-state index contributed by atoms with van der Waals surface area (Å²) in [4.78, 5) is 4.19. The Kier molecular flexibility index (Phi) is 6.58. The van der Waals surface area contributed by atoms with E-state index in [-0.39, 0.29) is 0 Å². The molecule has 0 bridgehead atoms. The molecule has 3 heteroatoms. The van der Waals surface area contributed by atoms with Gasteiger partial charge in [0.15, 0.2) is 0 Å². The van der Waals surface area contributed by atoms with Crippen LogP contribution in [0.15, 0.2) is 18.3 Å². The summed E-state index contributed by atoms with van der Waals surface area (Å²) in [5, 5.41) is 3.40. The fourth-order valence-corrected chi connectivity index (χ4v) is 1.56. The highest BCUT2D eigenvalue weighted by Crippen LogP contribution is 2.08. The molecule has 3 nitrogen and oxygen atoms in total. The maximum atomic E-state index is 5.02. The van der Waals surface area contributed by atoms with Crippen molar-refractivity contribution in [2.75, 3.05) is 20.2 Å². The van der Waals surface area contributed by atoms with Crippen molar-refractivity contribution in [2.24, 2.45) is 0 Å². The van der Waals surface area contributed by atoms with Crippen LogP contribution in [0.25, 0.3) is 0 Å². The van der Waals surface area contributed by atoms with Crippen LogP contribution < -0.4 is 10.1 Å². The molecule has 1 heterocycles.